The van der Waals surface area contributed by atoms with E-state index < -0.39 is 0 Å². The molecule has 0 aliphatic carbocycles. The highest BCUT2D eigenvalue weighted by Crippen LogP contribution is 2.29. The fraction of sp³-hybridized carbons (Fsp3) is 0.0909. The molecule has 0 bridgehead atoms. The summed E-state index contributed by atoms with van der Waals surface area (Å²) in [4.78, 5) is 3.39. The van der Waals surface area contributed by atoms with Crippen molar-refractivity contribution in [2.75, 3.05) is 0 Å². The number of rotatable bonds is 1. The van der Waals surface area contributed by atoms with Crippen LogP contribution in [0.25, 0.3) is 16.1 Å². The molecule has 15 heavy (non-hydrogen) atoms. The average molecular weight is 199 g/mol. The second kappa shape index (κ2) is 3.46. The molecule has 1 aromatic carbocycles. The van der Waals surface area contributed by atoms with Gasteiger partial charge in [-0.1, -0.05) is 12.1 Å². The van der Waals surface area contributed by atoms with Gasteiger partial charge in [-0.15, -0.1) is 0 Å². The summed E-state index contributed by atoms with van der Waals surface area (Å²) in [5.41, 5.74) is 2.00. The number of phenols is 1. The van der Waals surface area contributed by atoms with E-state index in [2.05, 4.69) is 9.94 Å². The summed E-state index contributed by atoms with van der Waals surface area (Å²) in [5, 5.41) is 13.4. The Morgan fingerprint density at radius 2 is 2.00 bits per heavy atom. The van der Waals surface area contributed by atoms with Crippen molar-refractivity contribution in [3.05, 3.63) is 41.9 Å². The third-order valence-electron chi connectivity index (χ3n) is 2.07. The summed E-state index contributed by atoms with van der Waals surface area (Å²) in [6.07, 6.45) is 1.68. The van der Waals surface area contributed by atoms with Gasteiger partial charge in [0.2, 0.25) is 5.69 Å². The molecule has 1 N–H and O–H groups in total. The minimum absolute atomic E-state index is 0.207. The molecular weight excluding hydrogens is 190 g/mol. The molecule has 0 amide bonds. The topological polar surface area (TPSA) is 42.4 Å². The summed E-state index contributed by atoms with van der Waals surface area (Å²) in [6.45, 7) is 7.01. The van der Waals surface area contributed by atoms with Gasteiger partial charge in [-0.05, 0) is 17.7 Å². The lowest BCUT2D eigenvalue weighted by atomic mass is 10.1. The number of aromatic nitrogens is 2. The van der Waals surface area contributed by atoms with E-state index in [0.29, 0.717) is 11.4 Å². The predicted molar refractivity (Wildman–Crippen MR) is 56.6 cm³/mol. The molecule has 1 heterocycles. The van der Waals surface area contributed by atoms with Gasteiger partial charge >= 0.3 is 0 Å². The van der Waals surface area contributed by atoms with Gasteiger partial charge in [-0.25, -0.2) is 4.85 Å². The fourth-order valence-corrected chi connectivity index (χ4v) is 1.38. The molecule has 0 atom stereocenters. The maximum Gasteiger partial charge on any atom is 0.232 e. The first-order chi connectivity index (χ1) is 7.20. The van der Waals surface area contributed by atoms with Gasteiger partial charge in [0.15, 0.2) is 0 Å². The molecule has 2 aromatic rings. The monoisotopic (exact) mass is 199 g/mol. The van der Waals surface area contributed by atoms with E-state index >= 15 is 0 Å². The van der Waals surface area contributed by atoms with E-state index in [1.165, 1.54) is 0 Å². The number of aromatic hydroxyl groups is 1. The minimum atomic E-state index is 0.207. The van der Waals surface area contributed by atoms with E-state index in [1.807, 2.05) is 0 Å². The molecule has 0 aliphatic heterocycles. The van der Waals surface area contributed by atoms with E-state index in [9.17, 15) is 0 Å². The van der Waals surface area contributed by atoms with Crippen LogP contribution in [-0.4, -0.2) is 14.9 Å². The van der Waals surface area contributed by atoms with Crippen LogP contribution >= 0.6 is 0 Å². The van der Waals surface area contributed by atoms with Gasteiger partial charge in [0.1, 0.15) is 5.75 Å². The van der Waals surface area contributed by atoms with Gasteiger partial charge in [0.05, 0.1) is 12.3 Å². The SMILES string of the molecule is [C-]#[N+]c1cn(C)nc1-c1ccc(O)cc1. The van der Waals surface area contributed by atoms with Crippen molar-refractivity contribution in [2.45, 2.75) is 0 Å². The highest BCUT2D eigenvalue weighted by molar-refractivity contribution is 5.74. The van der Waals surface area contributed by atoms with E-state index in [-0.39, 0.29) is 5.75 Å². The molecule has 2 rings (SSSR count). The quantitative estimate of drug-likeness (QED) is 0.716. The molecular formula is C11H9N3O. The maximum atomic E-state index is 9.15. The Morgan fingerprint density at radius 3 is 2.60 bits per heavy atom. The summed E-state index contributed by atoms with van der Waals surface area (Å²) in [6, 6.07) is 6.65. The van der Waals surface area contributed by atoms with E-state index in [1.54, 1.807) is 42.2 Å². The van der Waals surface area contributed by atoms with Gasteiger partial charge in [-0.2, -0.15) is 5.10 Å². The van der Waals surface area contributed by atoms with E-state index in [4.69, 9.17) is 11.7 Å². The minimum Gasteiger partial charge on any atom is -0.508 e. The zero-order valence-electron chi connectivity index (χ0n) is 8.18. The molecule has 0 unspecified atom stereocenters. The Kier molecular flexibility index (Phi) is 2.14. The fourth-order valence-electron chi connectivity index (χ4n) is 1.38. The molecule has 0 fully saturated rings. The normalized spacial score (nSPS) is 9.87. The zero-order valence-corrected chi connectivity index (χ0v) is 8.18. The van der Waals surface area contributed by atoms with Gasteiger partial charge in [0.25, 0.3) is 0 Å². The Morgan fingerprint density at radius 1 is 1.33 bits per heavy atom. The first-order valence-corrected chi connectivity index (χ1v) is 4.41. The van der Waals surface area contributed by atoms with E-state index in [0.717, 1.165) is 5.56 Å². The van der Waals surface area contributed by atoms with Crippen molar-refractivity contribution in [3.8, 4) is 17.0 Å². The maximum absolute atomic E-state index is 9.15. The third kappa shape index (κ3) is 1.67. The Balaban J connectivity index is 2.54. The number of phenolic OH excluding ortho intramolecular Hbond substituents is 1. The van der Waals surface area contributed by atoms with Crippen LogP contribution in [0.3, 0.4) is 0 Å². The van der Waals surface area contributed by atoms with Crippen LogP contribution in [0.5, 0.6) is 5.75 Å². The first-order valence-electron chi connectivity index (χ1n) is 4.41. The Hall–Kier alpha value is -2.28. The van der Waals surface area contributed by atoms with Crippen molar-refractivity contribution >= 4 is 5.69 Å². The average Bonchev–Trinajstić information content (AvgIpc) is 2.61. The number of hydrogen-bond acceptors (Lipinski definition) is 2. The highest BCUT2D eigenvalue weighted by Gasteiger charge is 2.09. The smallest absolute Gasteiger partial charge is 0.232 e. The van der Waals surface area contributed by atoms with Crippen LogP contribution in [0, 0.1) is 6.57 Å². The first kappa shape index (κ1) is 9.28. The van der Waals surface area contributed by atoms with Gasteiger partial charge in [-0.3, -0.25) is 4.68 Å². The van der Waals surface area contributed by atoms with Crippen LogP contribution in [0.1, 0.15) is 0 Å². The highest BCUT2D eigenvalue weighted by atomic mass is 16.3. The predicted octanol–water partition coefficient (Wildman–Crippen LogP) is 2.34. The molecule has 74 valence electrons. The van der Waals surface area contributed by atoms with Crippen molar-refractivity contribution < 1.29 is 5.11 Å². The third-order valence-corrected chi connectivity index (χ3v) is 2.07. The van der Waals surface area contributed by atoms with Crippen molar-refractivity contribution in [1.29, 1.82) is 0 Å². The lowest BCUT2D eigenvalue weighted by molar-refractivity contribution is 0.475. The van der Waals surface area contributed by atoms with Crippen LogP contribution in [0.4, 0.5) is 5.69 Å². The zero-order chi connectivity index (χ0) is 10.8. The Labute approximate surface area is 87.2 Å². The number of benzene rings is 1. The molecule has 1 aromatic heterocycles. The molecule has 4 nitrogen and oxygen atoms in total. The second-order valence-electron chi connectivity index (χ2n) is 3.20. The molecule has 4 heteroatoms. The van der Waals surface area contributed by atoms with Crippen LogP contribution in [0.15, 0.2) is 30.5 Å². The van der Waals surface area contributed by atoms with Crippen molar-refractivity contribution in [2.24, 2.45) is 7.05 Å². The second-order valence-corrected chi connectivity index (χ2v) is 3.20. The number of nitrogens with zero attached hydrogens (tertiary/aromatic N) is 3. The summed E-state index contributed by atoms with van der Waals surface area (Å²) in [5.74, 6) is 0.207. The molecule has 0 saturated heterocycles. The van der Waals surface area contributed by atoms with Crippen LogP contribution in [-0.2, 0) is 7.05 Å². The summed E-state index contributed by atoms with van der Waals surface area (Å²) >= 11 is 0. The Bertz CT molecular complexity index is 520. The van der Waals surface area contributed by atoms with Crippen LogP contribution < -0.4 is 0 Å². The molecule has 0 radical (unpaired) electrons. The standard InChI is InChI=1S/C11H9N3O/c1-12-10-7-14(2)13-11(10)8-3-5-9(15)6-4-8/h3-7,15H,2H3. The summed E-state index contributed by atoms with van der Waals surface area (Å²) in [7, 11) is 1.78. The molecule has 0 spiro atoms. The lowest BCUT2D eigenvalue weighted by Crippen LogP contribution is -1.87. The van der Waals surface area contributed by atoms with Gasteiger partial charge < -0.3 is 5.11 Å². The number of hydrogen-bond donors (Lipinski definition) is 1. The number of aryl methyl sites for hydroxylation is 1. The van der Waals surface area contributed by atoms with Gasteiger partial charge in [0, 0.05) is 13.2 Å². The van der Waals surface area contributed by atoms with Crippen molar-refractivity contribution in [3.63, 3.8) is 0 Å². The summed E-state index contributed by atoms with van der Waals surface area (Å²) < 4.78 is 1.61. The molecule has 0 aliphatic rings. The molecule has 0 saturated carbocycles. The van der Waals surface area contributed by atoms with Crippen LogP contribution in [0.2, 0.25) is 0 Å². The van der Waals surface area contributed by atoms with Crippen molar-refractivity contribution in [1.82, 2.24) is 9.78 Å². The largest absolute Gasteiger partial charge is 0.508 e. The lowest BCUT2D eigenvalue weighted by Gasteiger charge is -1.97.